The van der Waals surface area contributed by atoms with Gasteiger partial charge in [-0.1, -0.05) is 55.2 Å². The van der Waals surface area contributed by atoms with Crippen molar-refractivity contribution in [2.75, 3.05) is 30.0 Å². The molecule has 0 aromatic heterocycles. The predicted octanol–water partition coefficient (Wildman–Crippen LogP) is 5.37. The van der Waals surface area contributed by atoms with Gasteiger partial charge in [0.1, 0.15) is 4.32 Å². The maximum absolute atomic E-state index is 12.8. The third kappa shape index (κ3) is 5.19. The molecule has 2 aromatic rings. The molecule has 1 fully saturated rings. The van der Waals surface area contributed by atoms with Gasteiger partial charge < -0.3 is 10.2 Å². The fraction of sp³-hybridized carbons (Fsp3) is 0.304. The lowest BCUT2D eigenvalue weighted by Gasteiger charge is -2.20. The van der Waals surface area contributed by atoms with E-state index in [4.69, 9.17) is 12.2 Å². The number of hydrogen-bond donors (Lipinski definition) is 1. The zero-order valence-electron chi connectivity index (χ0n) is 17.1. The highest BCUT2D eigenvalue weighted by Crippen LogP contribution is 2.32. The molecule has 1 aliphatic heterocycles. The van der Waals surface area contributed by atoms with E-state index in [0.29, 0.717) is 15.9 Å². The van der Waals surface area contributed by atoms with Crippen LogP contribution < -0.4 is 10.2 Å². The molecule has 0 bridgehead atoms. The van der Waals surface area contributed by atoms with E-state index in [1.807, 2.05) is 30.3 Å². The summed E-state index contributed by atoms with van der Waals surface area (Å²) in [4.78, 5) is 17.4. The molecule has 0 saturated carbocycles. The number of anilines is 2. The van der Waals surface area contributed by atoms with Crippen molar-refractivity contribution >= 4 is 51.7 Å². The van der Waals surface area contributed by atoms with Crippen molar-refractivity contribution < 1.29 is 4.79 Å². The highest BCUT2D eigenvalue weighted by atomic mass is 32.2. The lowest BCUT2D eigenvalue weighted by molar-refractivity contribution is -0.121. The number of rotatable bonds is 8. The number of carbonyl (C=O) groups excluding carboxylic acids is 1. The van der Waals surface area contributed by atoms with Crippen LogP contribution in [-0.4, -0.2) is 34.9 Å². The zero-order valence-corrected chi connectivity index (χ0v) is 18.8. The Morgan fingerprint density at radius 1 is 1.03 bits per heavy atom. The summed E-state index contributed by atoms with van der Waals surface area (Å²) in [6, 6.07) is 16.5. The molecule has 152 valence electrons. The molecule has 0 atom stereocenters. The van der Waals surface area contributed by atoms with Gasteiger partial charge in [-0.15, -0.1) is 0 Å². The maximum Gasteiger partial charge on any atom is 0.267 e. The minimum absolute atomic E-state index is 0.0505. The summed E-state index contributed by atoms with van der Waals surface area (Å²) >= 11 is 6.79. The molecule has 29 heavy (non-hydrogen) atoms. The number of carbonyl (C=O) groups is 1. The van der Waals surface area contributed by atoms with Crippen LogP contribution in [0.5, 0.6) is 0 Å². The Balaban J connectivity index is 1.66. The number of nitrogens with one attached hydrogen (secondary N) is 1. The first kappa shape index (κ1) is 21.4. The van der Waals surface area contributed by atoms with Gasteiger partial charge in [0.25, 0.3) is 5.91 Å². The first-order valence-corrected chi connectivity index (χ1v) is 11.2. The van der Waals surface area contributed by atoms with Crippen molar-refractivity contribution in [2.24, 2.45) is 0 Å². The number of benzene rings is 2. The van der Waals surface area contributed by atoms with Crippen LogP contribution in [0.3, 0.4) is 0 Å². The average molecular weight is 426 g/mol. The van der Waals surface area contributed by atoms with Crippen LogP contribution >= 0.6 is 24.0 Å². The number of amides is 1. The van der Waals surface area contributed by atoms with E-state index in [1.165, 1.54) is 23.0 Å². The fourth-order valence-corrected chi connectivity index (χ4v) is 4.44. The van der Waals surface area contributed by atoms with Crippen LogP contribution in [0.1, 0.15) is 31.9 Å². The van der Waals surface area contributed by atoms with Crippen LogP contribution in [0.4, 0.5) is 11.4 Å². The van der Waals surface area contributed by atoms with Crippen LogP contribution in [-0.2, 0) is 11.2 Å². The Morgan fingerprint density at radius 2 is 1.69 bits per heavy atom. The number of thioether (sulfide) groups is 1. The molecular weight excluding hydrogens is 398 g/mol. The summed E-state index contributed by atoms with van der Waals surface area (Å²) in [5.74, 6) is -0.0505. The molecule has 1 amide bonds. The van der Waals surface area contributed by atoms with Gasteiger partial charge in [-0.2, -0.15) is 0 Å². The average Bonchev–Trinajstić information content (AvgIpc) is 3.01. The molecule has 1 saturated heterocycles. The highest BCUT2D eigenvalue weighted by Gasteiger charge is 2.31. The molecule has 0 aliphatic carbocycles. The van der Waals surface area contributed by atoms with Crippen molar-refractivity contribution in [1.82, 2.24) is 4.90 Å². The van der Waals surface area contributed by atoms with Gasteiger partial charge in [0.15, 0.2) is 0 Å². The van der Waals surface area contributed by atoms with Crippen LogP contribution in [0.15, 0.2) is 53.4 Å². The van der Waals surface area contributed by atoms with Gasteiger partial charge in [0.05, 0.1) is 11.6 Å². The largest absolute Gasteiger partial charge is 0.372 e. The molecule has 1 heterocycles. The van der Waals surface area contributed by atoms with E-state index < -0.39 is 0 Å². The van der Waals surface area contributed by atoms with Crippen molar-refractivity contribution in [1.29, 1.82) is 0 Å². The Kier molecular flexibility index (Phi) is 7.34. The fourth-order valence-electron chi connectivity index (χ4n) is 3.19. The van der Waals surface area contributed by atoms with Gasteiger partial charge in [-0.25, -0.2) is 0 Å². The summed E-state index contributed by atoms with van der Waals surface area (Å²) in [6.07, 6.45) is 2.93. The minimum Gasteiger partial charge on any atom is -0.372 e. The number of aryl methyl sites for hydroxylation is 1. The van der Waals surface area contributed by atoms with Crippen molar-refractivity contribution in [3.05, 3.63) is 64.6 Å². The van der Waals surface area contributed by atoms with Gasteiger partial charge in [-0.05, 0) is 61.7 Å². The number of hydrogen-bond acceptors (Lipinski definition) is 5. The predicted molar refractivity (Wildman–Crippen MR) is 129 cm³/mol. The first-order chi connectivity index (χ1) is 14.0. The third-order valence-electron chi connectivity index (χ3n) is 5.00. The molecule has 0 spiro atoms. The Morgan fingerprint density at radius 3 is 2.28 bits per heavy atom. The number of nitrogens with zero attached hydrogens (tertiary/aromatic N) is 2. The summed E-state index contributed by atoms with van der Waals surface area (Å²) in [5.41, 5.74) is 4.46. The van der Waals surface area contributed by atoms with Gasteiger partial charge in [0, 0.05) is 24.5 Å². The van der Waals surface area contributed by atoms with Crippen molar-refractivity contribution in [3.8, 4) is 0 Å². The summed E-state index contributed by atoms with van der Waals surface area (Å²) in [7, 11) is 0. The zero-order chi connectivity index (χ0) is 20.8. The Labute approximate surface area is 183 Å². The second-order valence-electron chi connectivity index (χ2n) is 6.76. The molecular formula is C23H27N3OS2. The molecule has 6 heteroatoms. The van der Waals surface area contributed by atoms with E-state index >= 15 is 0 Å². The summed E-state index contributed by atoms with van der Waals surface area (Å²) in [5, 5.41) is 3.29. The van der Waals surface area contributed by atoms with Crippen LogP contribution in [0.2, 0.25) is 0 Å². The molecule has 3 rings (SSSR count). The monoisotopic (exact) mass is 425 g/mol. The summed E-state index contributed by atoms with van der Waals surface area (Å²) < 4.78 is 0.582. The van der Waals surface area contributed by atoms with Gasteiger partial charge in [-0.3, -0.25) is 9.69 Å². The molecule has 1 aliphatic rings. The van der Waals surface area contributed by atoms with E-state index in [-0.39, 0.29) is 5.91 Å². The topological polar surface area (TPSA) is 35.6 Å². The SMILES string of the molecule is CCc1ccc(NCN2C(=O)/C(=C\c3ccc(N(CC)CC)cc3)SC2=S)cc1. The van der Waals surface area contributed by atoms with Crippen molar-refractivity contribution in [2.45, 2.75) is 27.2 Å². The number of thiocarbonyl (C=S) groups is 1. The van der Waals surface area contributed by atoms with E-state index in [9.17, 15) is 4.79 Å². The van der Waals surface area contributed by atoms with Crippen LogP contribution in [0, 0.1) is 0 Å². The molecule has 1 N–H and O–H groups in total. The van der Waals surface area contributed by atoms with E-state index in [2.05, 4.69) is 55.3 Å². The molecule has 0 unspecified atom stereocenters. The maximum atomic E-state index is 12.8. The minimum atomic E-state index is -0.0505. The normalized spacial score (nSPS) is 15.3. The smallest absolute Gasteiger partial charge is 0.267 e. The molecule has 2 aromatic carbocycles. The van der Waals surface area contributed by atoms with Gasteiger partial charge >= 0.3 is 0 Å². The second kappa shape index (κ2) is 9.94. The first-order valence-electron chi connectivity index (χ1n) is 9.98. The lowest BCUT2D eigenvalue weighted by Crippen LogP contribution is -2.33. The standard InChI is InChI=1S/C23H27N3OS2/c1-4-17-7-11-19(12-8-17)24-16-26-22(27)21(29-23(26)28)15-18-9-13-20(14-10-18)25(5-2)6-3/h7-15,24H,4-6,16H2,1-3H3/b21-15+. The van der Waals surface area contributed by atoms with Crippen LogP contribution in [0.25, 0.3) is 6.08 Å². The second-order valence-corrected chi connectivity index (χ2v) is 8.43. The third-order valence-corrected chi connectivity index (χ3v) is 6.37. The van der Waals surface area contributed by atoms with E-state index in [0.717, 1.165) is 30.8 Å². The lowest BCUT2D eigenvalue weighted by atomic mass is 10.1. The quantitative estimate of drug-likeness (QED) is 0.455. The highest BCUT2D eigenvalue weighted by molar-refractivity contribution is 8.26. The van der Waals surface area contributed by atoms with Gasteiger partial charge in [0.2, 0.25) is 0 Å². The Bertz CT molecular complexity index is 887. The Hall–Kier alpha value is -2.31. The summed E-state index contributed by atoms with van der Waals surface area (Å²) in [6.45, 7) is 8.75. The van der Waals surface area contributed by atoms with E-state index in [1.54, 1.807) is 4.90 Å². The molecule has 0 radical (unpaired) electrons. The van der Waals surface area contributed by atoms with Crippen molar-refractivity contribution in [3.63, 3.8) is 0 Å². The molecule has 4 nitrogen and oxygen atoms in total.